The van der Waals surface area contributed by atoms with Crippen LogP contribution < -0.4 is 0 Å². The fraction of sp³-hybridized carbons (Fsp3) is 0.615. The van der Waals surface area contributed by atoms with Crippen LogP contribution in [0.25, 0.3) is 11.0 Å². The molecule has 1 fully saturated rings. The molecule has 1 aliphatic rings. The Labute approximate surface area is 197 Å². The molecule has 0 bridgehead atoms. The summed E-state index contributed by atoms with van der Waals surface area (Å²) in [6, 6.07) is 4.32. The summed E-state index contributed by atoms with van der Waals surface area (Å²) in [4.78, 5) is 16.6. The zero-order valence-corrected chi connectivity index (χ0v) is 21.2. The molecular formula is C26H38N6O. The van der Waals surface area contributed by atoms with Gasteiger partial charge < -0.3 is 4.74 Å². The van der Waals surface area contributed by atoms with Gasteiger partial charge >= 0.3 is 0 Å². The van der Waals surface area contributed by atoms with Gasteiger partial charge in [0.1, 0.15) is 16.9 Å². The van der Waals surface area contributed by atoms with Crippen molar-refractivity contribution in [2.24, 2.45) is 12.5 Å². The lowest BCUT2D eigenvalue weighted by atomic mass is 9.69. The maximum Gasteiger partial charge on any atom is 0.129 e. The van der Waals surface area contributed by atoms with E-state index in [0.717, 1.165) is 54.9 Å². The topological polar surface area (TPSA) is 69.0 Å². The van der Waals surface area contributed by atoms with Gasteiger partial charge in [0.2, 0.25) is 0 Å². The summed E-state index contributed by atoms with van der Waals surface area (Å²) in [5, 5.41) is 4.31. The number of ether oxygens (including phenoxy) is 1. The molecule has 7 nitrogen and oxygen atoms in total. The van der Waals surface area contributed by atoms with Crippen LogP contribution in [0.2, 0.25) is 0 Å². The Kier molecular flexibility index (Phi) is 6.31. The zero-order chi connectivity index (χ0) is 23.9. The number of nitrogens with zero attached hydrogens (tertiary/aromatic N) is 6. The average molecular weight is 451 g/mol. The maximum absolute atomic E-state index is 6.37. The van der Waals surface area contributed by atoms with Gasteiger partial charge in [-0.25, -0.2) is 9.97 Å². The van der Waals surface area contributed by atoms with Gasteiger partial charge in [0.15, 0.2) is 0 Å². The van der Waals surface area contributed by atoms with E-state index in [2.05, 4.69) is 66.7 Å². The number of pyridine rings is 1. The lowest BCUT2D eigenvalue weighted by molar-refractivity contribution is -0.109. The molecule has 0 spiro atoms. The Morgan fingerprint density at radius 1 is 1.09 bits per heavy atom. The first-order valence-corrected chi connectivity index (χ1v) is 12.0. The molecule has 1 aliphatic heterocycles. The molecule has 0 radical (unpaired) electrons. The van der Waals surface area contributed by atoms with Crippen molar-refractivity contribution in [2.75, 3.05) is 19.7 Å². The van der Waals surface area contributed by atoms with E-state index in [9.17, 15) is 0 Å². The number of aryl methyl sites for hydroxylation is 3. The highest BCUT2D eigenvalue weighted by molar-refractivity contribution is 5.72. The average Bonchev–Trinajstić information content (AvgIpc) is 3.38. The third-order valence-corrected chi connectivity index (χ3v) is 7.92. The molecule has 0 N–H and O–H groups in total. The molecule has 1 unspecified atom stereocenters. The number of fused-ring (bicyclic) bond motifs is 1. The molecule has 4 rings (SSSR count). The third kappa shape index (κ3) is 4.41. The lowest BCUT2D eigenvalue weighted by Crippen LogP contribution is -2.50. The normalized spacial score (nSPS) is 20.1. The summed E-state index contributed by atoms with van der Waals surface area (Å²) in [7, 11) is 1.92. The van der Waals surface area contributed by atoms with Gasteiger partial charge in [0.25, 0.3) is 0 Å². The van der Waals surface area contributed by atoms with Gasteiger partial charge in [0.05, 0.1) is 18.0 Å². The zero-order valence-electron chi connectivity index (χ0n) is 21.2. The van der Waals surface area contributed by atoms with Crippen molar-refractivity contribution in [1.29, 1.82) is 0 Å². The van der Waals surface area contributed by atoms with Gasteiger partial charge in [-0.2, -0.15) is 5.10 Å². The van der Waals surface area contributed by atoms with Gasteiger partial charge in [-0.05, 0) is 72.6 Å². The first kappa shape index (κ1) is 23.8. The van der Waals surface area contributed by atoms with E-state index >= 15 is 0 Å². The highest BCUT2D eigenvalue weighted by atomic mass is 16.5. The van der Waals surface area contributed by atoms with Crippen LogP contribution in [0.4, 0.5) is 0 Å². The van der Waals surface area contributed by atoms with Crippen LogP contribution in [0.5, 0.6) is 0 Å². The second-order valence-corrected chi connectivity index (χ2v) is 10.5. The first-order valence-electron chi connectivity index (χ1n) is 12.0. The van der Waals surface area contributed by atoms with Crippen LogP contribution in [-0.4, -0.2) is 54.9 Å². The Hall–Kier alpha value is -2.38. The molecule has 33 heavy (non-hydrogen) atoms. The van der Waals surface area contributed by atoms with Gasteiger partial charge in [-0.15, -0.1) is 0 Å². The van der Waals surface area contributed by atoms with Crippen LogP contribution in [0, 0.1) is 12.3 Å². The SMILES string of the molecule is CCOC(C)(C)C1(CCc2ncc3c(cnn3C)n2)CCN(C(C)(C)c2ccc(C)nc2)C1. The number of rotatable bonds is 8. The summed E-state index contributed by atoms with van der Waals surface area (Å²) < 4.78 is 8.18. The van der Waals surface area contributed by atoms with Crippen molar-refractivity contribution in [3.05, 3.63) is 47.8 Å². The highest BCUT2D eigenvalue weighted by Crippen LogP contribution is 2.49. The number of likely N-dealkylation sites (tertiary alicyclic amines) is 1. The molecule has 3 aromatic heterocycles. The van der Waals surface area contributed by atoms with E-state index in [-0.39, 0.29) is 16.6 Å². The van der Waals surface area contributed by atoms with Crippen molar-refractivity contribution in [3.8, 4) is 0 Å². The molecule has 1 saturated heterocycles. The van der Waals surface area contributed by atoms with E-state index in [1.54, 1.807) is 0 Å². The molecule has 0 saturated carbocycles. The smallest absolute Gasteiger partial charge is 0.129 e. The van der Waals surface area contributed by atoms with Crippen LogP contribution in [0.15, 0.2) is 30.7 Å². The Morgan fingerprint density at radius 2 is 1.88 bits per heavy atom. The largest absolute Gasteiger partial charge is 0.375 e. The molecule has 178 valence electrons. The van der Waals surface area contributed by atoms with Crippen molar-refractivity contribution in [3.63, 3.8) is 0 Å². The maximum atomic E-state index is 6.37. The minimum Gasteiger partial charge on any atom is -0.375 e. The fourth-order valence-corrected chi connectivity index (χ4v) is 5.32. The molecular weight excluding hydrogens is 412 g/mol. The van der Waals surface area contributed by atoms with Crippen LogP contribution in [0.3, 0.4) is 0 Å². The number of aromatic nitrogens is 5. The summed E-state index contributed by atoms with van der Waals surface area (Å²) in [5.41, 5.74) is 3.82. The molecule has 1 atom stereocenters. The Morgan fingerprint density at radius 3 is 2.58 bits per heavy atom. The summed E-state index contributed by atoms with van der Waals surface area (Å²) >= 11 is 0. The molecule has 3 aromatic rings. The van der Waals surface area contributed by atoms with Gasteiger partial charge in [0, 0.05) is 49.5 Å². The molecule has 0 aromatic carbocycles. The van der Waals surface area contributed by atoms with Crippen LogP contribution >= 0.6 is 0 Å². The summed E-state index contributed by atoms with van der Waals surface area (Å²) in [6.45, 7) is 16.0. The van der Waals surface area contributed by atoms with E-state index < -0.39 is 0 Å². The highest BCUT2D eigenvalue weighted by Gasteiger charge is 2.52. The van der Waals surface area contributed by atoms with E-state index in [4.69, 9.17) is 9.72 Å². The van der Waals surface area contributed by atoms with Crippen molar-refractivity contribution in [2.45, 2.75) is 71.9 Å². The summed E-state index contributed by atoms with van der Waals surface area (Å²) in [6.07, 6.45) is 8.61. The monoisotopic (exact) mass is 450 g/mol. The molecule has 4 heterocycles. The van der Waals surface area contributed by atoms with Crippen LogP contribution in [-0.2, 0) is 23.7 Å². The number of hydrogen-bond donors (Lipinski definition) is 0. The second-order valence-electron chi connectivity index (χ2n) is 10.5. The predicted molar refractivity (Wildman–Crippen MR) is 131 cm³/mol. The van der Waals surface area contributed by atoms with Gasteiger partial charge in [-0.3, -0.25) is 14.6 Å². The Balaban J connectivity index is 1.59. The molecule has 0 aliphatic carbocycles. The number of hydrogen-bond acceptors (Lipinski definition) is 6. The van der Waals surface area contributed by atoms with E-state index in [1.807, 2.05) is 37.2 Å². The quantitative estimate of drug-likeness (QED) is 0.505. The molecule has 7 heteroatoms. The standard InChI is InChI=1S/C26H38N6O/c1-8-33-25(5,6)26(12-11-23-28-17-22-21(30-23)16-29-31(22)7)13-14-32(18-26)24(3,4)20-10-9-19(2)27-15-20/h9-10,15-17H,8,11-14,18H2,1-7H3. The minimum absolute atomic E-state index is 0.00562. The van der Waals surface area contributed by atoms with E-state index in [0.29, 0.717) is 6.61 Å². The minimum atomic E-state index is -0.253. The third-order valence-electron chi connectivity index (χ3n) is 7.92. The first-order chi connectivity index (χ1) is 15.6. The van der Waals surface area contributed by atoms with Crippen molar-refractivity contribution < 1.29 is 4.74 Å². The second kappa shape index (κ2) is 8.76. The van der Waals surface area contributed by atoms with E-state index in [1.165, 1.54) is 5.56 Å². The Bertz CT molecular complexity index is 1100. The van der Waals surface area contributed by atoms with Crippen molar-refractivity contribution >= 4 is 11.0 Å². The van der Waals surface area contributed by atoms with Crippen molar-refractivity contribution in [1.82, 2.24) is 29.6 Å². The summed E-state index contributed by atoms with van der Waals surface area (Å²) in [5.74, 6) is 0.877. The van der Waals surface area contributed by atoms with Crippen LogP contribution in [0.1, 0.15) is 64.5 Å². The molecule has 0 amide bonds. The van der Waals surface area contributed by atoms with Gasteiger partial charge in [-0.1, -0.05) is 6.07 Å². The predicted octanol–water partition coefficient (Wildman–Crippen LogP) is 4.44. The lowest BCUT2D eigenvalue weighted by Gasteiger charge is -2.46. The fourth-order valence-electron chi connectivity index (χ4n) is 5.32.